The fourth-order valence-corrected chi connectivity index (χ4v) is 3.50. The topological polar surface area (TPSA) is 120 Å². The lowest BCUT2D eigenvalue weighted by Crippen LogP contribution is -2.41. The highest BCUT2D eigenvalue weighted by Crippen LogP contribution is 2.30. The van der Waals surface area contributed by atoms with E-state index in [1.807, 2.05) is 25.1 Å². The minimum atomic E-state index is -0.521. The summed E-state index contributed by atoms with van der Waals surface area (Å²) in [5.74, 6) is -0.236. The molecule has 144 valence electrons. The summed E-state index contributed by atoms with van der Waals surface area (Å²) in [6, 6.07) is 5.64. The Balaban J connectivity index is 1.63. The van der Waals surface area contributed by atoms with Crippen molar-refractivity contribution in [2.45, 2.75) is 39.0 Å². The van der Waals surface area contributed by atoms with Crippen molar-refractivity contribution in [1.29, 1.82) is 0 Å². The van der Waals surface area contributed by atoms with E-state index in [-0.39, 0.29) is 18.4 Å². The van der Waals surface area contributed by atoms with Crippen LogP contribution in [-0.4, -0.2) is 44.3 Å². The number of hydrogen-bond donors (Lipinski definition) is 3. The van der Waals surface area contributed by atoms with Crippen molar-refractivity contribution in [3.63, 3.8) is 0 Å². The van der Waals surface area contributed by atoms with Crippen molar-refractivity contribution in [3.8, 4) is 0 Å². The zero-order valence-corrected chi connectivity index (χ0v) is 15.3. The summed E-state index contributed by atoms with van der Waals surface area (Å²) in [4.78, 5) is 27.6. The number of fused-ring (bicyclic) bond motifs is 1. The summed E-state index contributed by atoms with van der Waals surface area (Å²) in [6.07, 6.45) is 5.38. The summed E-state index contributed by atoms with van der Waals surface area (Å²) in [5.41, 5.74) is 7.65. The van der Waals surface area contributed by atoms with E-state index in [1.165, 1.54) is 0 Å². The van der Waals surface area contributed by atoms with Gasteiger partial charge in [0.05, 0.1) is 18.0 Å². The van der Waals surface area contributed by atoms with Crippen LogP contribution in [0.2, 0.25) is 0 Å². The lowest BCUT2D eigenvalue weighted by molar-refractivity contribution is -0.154. The van der Waals surface area contributed by atoms with Crippen LogP contribution in [-0.2, 0) is 9.59 Å². The molecule has 0 bridgehead atoms. The van der Waals surface area contributed by atoms with Gasteiger partial charge in [-0.1, -0.05) is 31.7 Å². The van der Waals surface area contributed by atoms with Gasteiger partial charge in [0.2, 0.25) is 12.3 Å². The summed E-state index contributed by atoms with van der Waals surface area (Å²) in [6.45, 7) is 1.91. The van der Waals surface area contributed by atoms with Crippen LogP contribution in [0.1, 0.15) is 37.7 Å². The van der Waals surface area contributed by atoms with Crippen molar-refractivity contribution in [2.75, 3.05) is 12.0 Å². The quantitative estimate of drug-likeness (QED) is 0.367. The largest absolute Gasteiger partial charge is 0.286 e. The molecule has 1 fully saturated rings. The number of anilines is 1. The molecule has 0 spiro atoms. The maximum absolute atomic E-state index is 12.6. The summed E-state index contributed by atoms with van der Waals surface area (Å²) in [7, 11) is 0. The molecule has 0 saturated heterocycles. The number of carbonyl (C=O) groups excluding carboxylic acids is 2. The Morgan fingerprint density at radius 2 is 2.11 bits per heavy atom. The third-order valence-electron chi connectivity index (χ3n) is 4.90. The SMILES string of the molecule is Cc1ccc2nc(NNC(=O)C(CC3CCCC3)CN(O)C=O)nnc2c1. The van der Waals surface area contributed by atoms with Crippen LogP contribution in [0.25, 0.3) is 11.0 Å². The molecular weight excluding hydrogens is 348 g/mol. The molecule has 1 aromatic heterocycles. The summed E-state index contributed by atoms with van der Waals surface area (Å²) in [5, 5.41) is 18.1. The average Bonchev–Trinajstić information content (AvgIpc) is 3.18. The number of hydrazine groups is 1. The minimum Gasteiger partial charge on any atom is -0.286 e. The monoisotopic (exact) mass is 372 g/mol. The molecule has 1 aromatic carbocycles. The van der Waals surface area contributed by atoms with Gasteiger partial charge in [0.1, 0.15) is 5.52 Å². The number of rotatable bonds is 8. The fourth-order valence-electron chi connectivity index (χ4n) is 3.50. The molecule has 1 aliphatic carbocycles. The molecule has 3 N–H and O–H groups in total. The molecule has 27 heavy (non-hydrogen) atoms. The number of carbonyl (C=O) groups is 2. The van der Waals surface area contributed by atoms with Gasteiger partial charge in [-0.2, -0.15) is 0 Å². The van der Waals surface area contributed by atoms with Gasteiger partial charge in [-0.15, -0.1) is 10.2 Å². The van der Waals surface area contributed by atoms with E-state index in [0.717, 1.165) is 31.2 Å². The molecule has 0 radical (unpaired) electrons. The third kappa shape index (κ3) is 5.10. The van der Waals surface area contributed by atoms with Gasteiger partial charge in [0.15, 0.2) is 0 Å². The summed E-state index contributed by atoms with van der Waals surface area (Å²) >= 11 is 0. The maximum Gasteiger partial charge on any atom is 0.262 e. The highest BCUT2D eigenvalue weighted by molar-refractivity contribution is 5.80. The van der Waals surface area contributed by atoms with Crippen LogP contribution < -0.4 is 10.9 Å². The molecule has 9 nitrogen and oxygen atoms in total. The molecule has 3 rings (SSSR count). The maximum atomic E-state index is 12.6. The first-order valence-electron chi connectivity index (χ1n) is 9.13. The normalized spacial score (nSPS) is 15.5. The molecule has 1 saturated carbocycles. The van der Waals surface area contributed by atoms with Crippen LogP contribution in [0, 0.1) is 18.8 Å². The lowest BCUT2D eigenvalue weighted by Gasteiger charge is -2.22. The smallest absolute Gasteiger partial charge is 0.262 e. The van der Waals surface area contributed by atoms with Gasteiger partial charge in [-0.3, -0.25) is 25.6 Å². The molecule has 1 atom stereocenters. The van der Waals surface area contributed by atoms with E-state index in [9.17, 15) is 14.8 Å². The molecule has 1 heterocycles. The number of amides is 2. The van der Waals surface area contributed by atoms with Crippen LogP contribution in [0.15, 0.2) is 18.2 Å². The van der Waals surface area contributed by atoms with Gasteiger partial charge in [0.25, 0.3) is 5.95 Å². The van der Waals surface area contributed by atoms with Crippen LogP contribution in [0.5, 0.6) is 0 Å². The number of aryl methyl sites for hydroxylation is 1. The Labute approximate surface area is 157 Å². The first-order chi connectivity index (χ1) is 13.0. The van der Waals surface area contributed by atoms with Crippen LogP contribution in [0.4, 0.5) is 5.95 Å². The molecule has 2 amide bonds. The van der Waals surface area contributed by atoms with E-state index >= 15 is 0 Å². The number of nitrogens with one attached hydrogen (secondary N) is 2. The first-order valence-corrected chi connectivity index (χ1v) is 9.13. The zero-order chi connectivity index (χ0) is 19.2. The molecule has 0 aliphatic heterocycles. The second-order valence-electron chi connectivity index (χ2n) is 7.05. The Morgan fingerprint density at radius 3 is 2.85 bits per heavy atom. The van der Waals surface area contributed by atoms with Crippen molar-refractivity contribution < 1.29 is 14.8 Å². The Bertz CT molecular complexity index is 809. The first kappa shape index (κ1) is 19.0. The average molecular weight is 372 g/mol. The van der Waals surface area contributed by atoms with Crippen molar-refractivity contribution in [3.05, 3.63) is 23.8 Å². The molecular formula is C18H24N6O3. The van der Waals surface area contributed by atoms with Gasteiger partial charge in [0, 0.05) is 0 Å². The Morgan fingerprint density at radius 1 is 1.33 bits per heavy atom. The van der Waals surface area contributed by atoms with E-state index in [2.05, 4.69) is 26.0 Å². The van der Waals surface area contributed by atoms with E-state index in [0.29, 0.717) is 34.8 Å². The van der Waals surface area contributed by atoms with Crippen LogP contribution >= 0.6 is 0 Å². The van der Waals surface area contributed by atoms with Gasteiger partial charge >= 0.3 is 0 Å². The highest BCUT2D eigenvalue weighted by Gasteiger charge is 2.27. The summed E-state index contributed by atoms with van der Waals surface area (Å²) < 4.78 is 0. The second kappa shape index (κ2) is 8.72. The Hall–Kier alpha value is -2.81. The number of hydrogen-bond acceptors (Lipinski definition) is 7. The van der Waals surface area contributed by atoms with Gasteiger partial charge in [-0.05, 0) is 37.0 Å². The van der Waals surface area contributed by atoms with Crippen molar-refractivity contribution in [2.24, 2.45) is 11.8 Å². The van der Waals surface area contributed by atoms with E-state index in [4.69, 9.17) is 0 Å². The minimum absolute atomic E-state index is 0.0520. The van der Waals surface area contributed by atoms with Gasteiger partial charge < -0.3 is 0 Å². The molecule has 1 aliphatic rings. The van der Waals surface area contributed by atoms with E-state index < -0.39 is 5.92 Å². The van der Waals surface area contributed by atoms with E-state index in [1.54, 1.807) is 0 Å². The lowest BCUT2D eigenvalue weighted by atomic mass is 9.92. The second-order valence-corrected chi connectivity index (χ2v) is 7.05. The predicted molar refractivity (Wildman–Crippen MR) is 98.5 cm³/mol. The molecule has 2 aromatic rings. The zero-order valence-electron chi connectivity index (χ0n) is 15.3. The standard InChI is InChI=1S/C18H24N6O3/c1-12-6-7-15-16(8-12)20-22-18(19-15)23-21-17(26)14(10-24(27)11-25)9-13-4-2-3-5-13/h6-8,11,13-14,27H,2-5,9-10H2,1H3,(H,21,26)(H,19,22,23). The highest BCUT2D eigenvalue weighted by atomic mass is 16.5. The number of hydroxylamine groups is 2. The van der Waals surface area contributed by atoms with Gasteiger partial charge in [-0.25, -0.2) is 10.0 Å². The molecule has 1 unspecified atom stereocenters. The van der Waals surface area contributed by atoms with Crippen molar-refractivity contribution >= 4 is 29.3 Å². The number of nitrogens with zero attached hydrogens (tertiary/aromatic N) is 4. The van der Waals surface area contributed by atoms with Crippen LogP contribution in [0.3, 0.4) is 0 Å². The number of benzene rings is 1. The fraction of sp³-hybridized carbons (Fsp3) is 0.500. The Kier molecular flexibility index (Phi) is 6.12. The predicted octanol–water partition coefficient (Wildman–Crippen LogP) is 1.82. The molecule has 9 heteroatoms. The van der Waals surface area contributed by atoms with Crippen molar-refractivity contribution in [1.82, 2.24) is 25.7 Å². The third-order valence-corrected chi connectivity index (χ3v) is 4.90. The number of aromatic nitrogens is 3.